The van der Waals surface area contributed by atoms with Crippen LogP contribution in [0.15, 0.2) is 40.1 Å². The molecule has 1 aliphatic rings. The molecule has 158 valence electrons. The Morgan fingerprint density at radius 2 is 2.03 bits per heavy atom. The second-order valence-corrected chi connectivity index (χ2v) is 7.72. The summed E-state index contributed by atoms with van der Waals surface area (Å²) in [4.78, 5) is 44.7. The quantitative estimate of drug-likeness (QED) is 0.673. The number of fused-ring (bicyclic) bond motifs is 1. The third-order valence-corrected chi connectivity index (χ3v) is 5.67. The molecule has 1 saturated heterocycles. The van der Waals surface area contributed by atoms with Crippen molar-refractivity contribution in [3.8, 4) is 0 Å². The highest BCUT2D eigenvalue weighted by molar-refractivity contribution is 5.98. The molecule has 0 radical (unpaired) electrons. The van der Waals surface area contributed by atoms with Gasteiger partial charge in [0.05, 0.1) is 5.39 Å². The van der Waals surface area contributed by atoms with Gasteiger partial charge < -0.3 is 14.8 Å². The number of amides is 1. The Morgan fingerprint density at radius 1 is 1.23 bits per heavy atom. The summed E-state index contributed by atoms with van der Waals surface area (Å²) in [7, 11) is 3.07. The number of rotatable bonds is 5. The Kier molecular flexibility index (Phi) is 5.19. The van der Waals surface area contributed by atoms with Crippen LogP contribution >= 0.6 is 0 Å². The van der Waals surface area contributed by atoms with Crippen LogP contribution in [0, 0.1) is 0 Å². The lowest BCUT2D eigenvalue weighted by molar-refractivity contribution is 0.0931. The summed E-state index contributed by atoms with van der Waals surface area (Å²) in [6, 6.07) is 7.37. The van der Waals surface area contributed by atoms with Crippen LogP contribution in [-0.4, -0.2) is 43.7 Å². The SMILES string of the molecule is CCCn1c(C(=O)N[C@@H]2CCN(c3ccccn3)C2)cc2c(=O)n(C)c(=O)n(C)c21. The monoisotopic (exact) mass is 410 g/mol. The fourth-order valence-corrected chi connectivity index (χ4v) is 4.17. The molecule has 4 heterocycles. The number of anilines is 1. The van der Waals surface area contributed by atoms with Crippen molar-refractivity contribution in [2.45, 2.75) is 32.4 Å². The zero-order valence-corrected chi connectivity index (χ0v) is 17.5. The minimum atomic E-state index is -0.406. The predicted octanol–water partition coefficient (Wildman–Crippen LogP) is 0.852. The van der Waals surface area contributed by atoms with Crippen molar-refractivity contribution in [3.63, 3.8) is 0 Å². The van der Waals surface area contributed by atoms with Crippen LogP contribution in [0.5, 0.6) is 0 Å². The van der Waals surface area contributed by atoms with Crippen molar-refractivity contribution in [1.29, 1.82) is 0 Å². The van der Waals surface area contributed by atoms with E-state index in [1.807, 2.05) is 25.1 Å². The molecule has 1 N–H and O–H groups in total. The first-order chi connectivity index (χ1) is 14.4. The summed E-state index contributed by atoms with van der Waals surface area (Å²) in [6.45, 7) is 4.03. The van der Waals surface area contributed by atoms with Crippen molar-refractivity contribution in [1.82, 2.24) is 24.0 Å². The van der Waals surface area contributed by atoms with E-state index < -0.39 is 5.69 Å². The lowest BCUT2D eigenvalue weighted by atomic mass is 10.2. The van der Waals surface area contributed by atoms with Crippen LogP contribution in [0.1, 0.15) is 30.3 Å². The summed E-state index contributed by atoms with van der Waals surface area (Å²) in [5.41, 5.74) is 0.0916. The molecule has 0 aliphatic carbocycles. The van der Waals surface area contributed by atoms with Gasteiger partial charge in [-0.2, -0.15) is 0 Å². The Hall–Kier alpha value is -3.36. The Bertz CT molecular complexity index is 1210. The fourth-order valence-electron chi connectivity index (χ4n) is 4.17. The van der Waals surface area contributed by atoms with Gasteiger partial charge in [-0.05, 0) is 31.0 Å². The molecule has 9 heteroatoms. The summed E-state index contributed by atoms with van der Waals surface area (Å²) in [6.07, 6.45) is 3.34. The number of aromatic nitrogens is 4. The van der Waals surface area contributed by atoms with E-state index in [1.54, 1.807) is 23.9 Å². The Balaban J connectivity index is 1.64. The van der Waals surface area contributed by atoms with E-state index in [0.29, 0.717) is 29.8 Å². The van der Waals surface area contributed by atoms with Crippen molar-refractivity contribution in [2.24, 2.45) is 14.1 Å². The van der Waals surface area contributed by atoms with Gasteiger partial charge in [-0.3, -0.25) is 18.7 Å². The number of nitrogens with zero attached hydrogens (tertiary/aromatic N) is 5. The predicted molar refractivity (Wildman–Crippen MR) is 115 cm³/mol. The van der Waals surface area contributed by atoms with E-state index in [4.69, 9.17) is 0 Å². The van der Waals surface area contributed by atoms with E-state index >= 15 is 0 Å². The molecule has 0 saturated carbocycles. The number of carbonyl (C=O) groups is 1. The van der Waals surface area contributed by atoms with Gasteiger partial charge in [0.2, 0.25) is 0 Å². The molecular weight excluding hydrogens is 384 g/mol. The average molecular weight is 410 g/mol. The Morgan fingerprint density at radius 3 is 2.73 bits per heavy atom. The van der Waals surface area contributed by atoms with Crippen LogP contribution in [-0.2, 0) is 20.6 Å². The molecule has 1 amide bonds. The minimum absolute atomic E-state index is 0.0146. The number of nitrogens with one attached hydrogen (secondary N) is 1. The van der Waals surface area contributed by atoms with E-state index in [0.717, 1.165) is 29.8 Å². The highest BCUT2D eigenvalue weighted by Crippen LogP contribution is 2.20. The van der Waals surface area contributed by atoms with E-state index in [-0.39, 0.29) is 17.5 Å². The van der Waals surface area contributed by atoms with Gasteiger partial charge in [0, 0.05) is 46.0 Å². The highest BCUT2D eigenvalue weighted by atomic mass is 16.2. The minimum Gasteiger partial charge on any atom is -0.354 e. The van der Waals surface area contributed by atoms with Crippen molar-refractivity contribution in [2.75, 3.05) is 18.0 Å². The standard InChI is InChI=1S/C21H26N6O3/c1-4-10-27-16(12-15-19(27)24(2)21(30)25(3)20(15)29)18(28)23-14-8-11-26(13-14)17-7-5-6-9-22-17/h5-7,9,12,14H,4,8,10-11,13H2,1-3H3,(H,23,28)/t14-/m1/s1. The van der Waals surface area contributed by atoms with E-state index in [9.17, 15) is 14.4 Å². The molecule has 4 rings (SSSR count). The highest BCUT2D eigenvalue weighted by Gasteiger charge is 2.27. The van der Waals surface area contributed by atoms with Gasteiger partial charge in [-0.25, -0.2) is 9.78 Å². The summed E-state index contributed by atoms with van der Waals surface area (Å²) < 4.78 is 4.28. The fraction of sp³-hybridized carbons (Fsp3) is 0.429. The maximum Gasteiger partial charge on any atom is 0.332 e. The van der Waals surface area contributed by atoms with Crippen molar-refractivity contribution >= 4 is 22.8 Å². The number of carbonyl (C=O) groups excluding carboxylic acids is 1. The van der Waals surface area contributed by atoms with Crippen LogP contribution in [0.4, 0.5) is 5.82 Å². The molecule has 1 atom stereocenters. The molecule has 3 aromatic rings. The van der Waals surface area contributed by atoms with Gasteiger partial charge in [0.1, 0.15) is 17.2 Å². The second kappa shape index (κ2) is 7.81. The largest absolute Gasteiger partial charge is 0.354 e. The van der Waals surface area contributed by atoms with Gasteiger partial charge >= 0.3 is 5.69 Å². The van der Waals surface area contributed by atoms with Gasteiger partial charge in [-0.1, -0.05) is 13.0 Å². The maximum atomic E-state index is 13.1. The van der Waals surface area contributed by atoms with Crippen molar-refractivity contribution < 1.29 is 4.79 Å². The molecule has 1 aliphatic heterocycles. The molecule has 30 heavy (non-hydrogen) atoms. The van der Waals surface area contributed by atoms with Crippen molar-refractivity contribution in [3.05, 3.63) is 57.0 Å². The molecular formula is C21H26N6O3. The molecule has 3 aromatic heterocycles. The molecule has 0 aromatic carbocycles. The van der Waals surface area contributed by atoms with Crippen LogP contribution in [0.2, 0.25) is 0 Å². The lowest BCUT2D eigenvalue weighted by Gasteiger charge is -2.18. The maximum absolute atomic E-state index is 13.1. The molecule has 0 bridgehead atoms. The third kappa shape index (κ3) is 3.30. The first-order valence-electron chi connectivity index (χ1n) is 10.2. The summed E-state index contributed by atoms with van der Waals surface area (Å²) in [5.74, 6) is 0.662. The number of pyridine rings is 1. The number of hydrogen-bond donors (Lipinski definition) is 1. The van der Waals surface area contributed by atoms with Crippen LogP contribution < -0.4 is 21.5 Å². The molecule has 1 fully saturated rings. The van der Waals surface area contributed by atoms with Gasteiger partial charge in [-0.15, -0.1) is 0 Å². The topological polar surface area (TPSA) is 94.2 Å². The normalized spacial score (nSPS) is 16.4. The smallest absolute Gasteiger partial charge is 0.332 e. The molecule has 0 spiro atoms. The lowest BCUT2D eigenvalue weighted by Crippen LogP contribution is -2.38. The summed E-state index contributed by atoms with van der Waals surface area (Å²) in [5, 5.41) is 3.47. The van der Waals surface area contributed by atoms with Crippen LogP contribution in [0.25, 0.3) is 11.0 Å². The number of hydrogen-bond acceptors (Lipinski definition) is 5. The Labute approximate surface area is 173 Å². The zero-order chi connectivity index (χ0) is 21.4. The number of aryl methyl sites for hydroxylation is 2. The summed E-state index contributed by atoms with van der Waals surface area (Å²) >= 11 is 0. The third-order valence-electron chi connectivity index (χ3n) is 5.67. The first kappa shape index (κ1) is 19.9. The zero-order valence-electron chi connectivity index (χ0n) is 17.5. The molecule has 9 nitrogen and oxygen atoms in total. The van der Waals surface area contributed by atoms with E-state index in [2.05, 4.69) is 15.2 Å². The second-order valence-electron chi connectivity index (χ2n) is 7.72. The first-order valence-corrected chi connectivity index (χ1v) is 10.2. The van der Waals surface area contributed by atoms with Crippen LogP contribution in [0.3, 0.4) is 0 Å². The average Bonchev–Trinajstić information content (AvgIpc) is 3.37. The van der Waals surface area contributed by atoms with Gasteiger partial charge in [0.25, 0.3) is 11.5 Å². The molecule has 0 unspecified atom stereocenters. The van der Waals surface area contributed by atoms with E-state index in [1.165, 1.54) is 11.6 Å². The van der Waals surface area contributed by atoms with Gasteiger partial charge in [0.15, 0.2) is 0 Å².